The summed E-state index contributed by atoms with van der Waals surface area (Å²) in [5.74, 6) is 5.81. The van der Waals surface area contributed by atoms with Crippen LogP contribution in [0.15, 0.2) is 102 Å². The van der Waals surface area contributed by atoms with Crippen molar-refractivity contribution in [2.75, 3.05) is 19.6 Å². The van der Waals surface area contributed by atoms with E-state index in [9.17, 15) is 16.8 Å². The molecule has 0 saturated heterocycles. The summed E-state index contributed by atoms with van der Waals surface area (Å²) < 4.78 is 74.9. The van der Waals surface area contributed by atoms with Crippen molar-refractivity contribution in [3.05, 3.63) is 152 Å². The van der Waals surface area contributed by atoms with Gasteiger partial charge in [-0.05, 0) is 143 Å². The summed E-state index contributed by atoms with van der Waals surface area (Å²) in [6.45, 7) is 22.9. The van der Waals surface area contributed by atoms with Crippen LogP contribution < -0.4 is 18.4 Å². The first kappa shape index (κ1) is 54.1. The maximum atomic E-state index is 12.3. The second-order valence-corrected chi connectivity index (χ2v) is 22.9. The standard InChI is InChI=1S/C28H36O4S.C28H36O2.CH4O3S/c1-17(2)14-22-15-19(4)23-13-12-18(3)24-26(23)25(22)20(5)27(32-33(6,29)30)28(24)31-16-21-10-8-7-9-11-21;1-19(2)11-10-12-20(3)24-16-15-21(4)26-25(24)17-22(5)27(29-6)28(26)30-18-23-13-8-7-9-14-23;1-5(2,3)4/h7-11,14,18-19,22-23H,12-13,15-16H2,1-6H3;7-14,17,20-21,24H,15-16,18H2,1-6H3;1H3,(H,2,3,4)/b;12-10+;/t18-,19-,22-,23+;20-,21-,24+;/m00./s1. The normalized spacial score (nSPS) is 21.0. The molecule has 0 unspecified atom stereocenters. The average molecular weight is 969 g/mol. The van der Waals surface area contributed by atoms with Crippen molar-refractivity contribution in [3.8, 4) is 23.0 Å². The Morgan fingerprint density at radius 3 is 1.76 bits per heavy atom. The van der Waals surface area contributed by atoms with Gasteiger partial charge >= 0.3 is 10.1 Å². The van der Waals surface area contributed by atoms with Crippen molar-refractivity contribution < 1.29 is 39.8 Å². The van der Waals surface area contributed by atoms with Gasteiger partial charge in [0.15, 0.2) is 23.0 Å². The fraction of sp³-hybridized carbons (Fsp3) is 0.474. The van der Waals surface area contributed by atoms with Crippen molar-refractivity contribution in [2.45, 2.75) is 144 Å². The number of hydrogen-bond donors (Lipinski definition) is 1. The van der Waals surface area contributed by atoms with Crippen LogP contribution in [0.5, 0.6) is 23.0 Å². The Kier molecular flexibility index (Phi) is 18.8. The SMILES string of the molecule is CC(C)=C[C@H]1C[C@H](C)[C@H]2CC[C@H](C)c3c(OCc4ccccc4)c(OS(C)(=O)=O)c(C)c1c32.COc1c(C)cc2c(c1OCc1ccccc1)[C@@H](C)CC[C@@H]2[C@@H](C)/C=C/C=C(C)C.CS(=O)(=O)O. The lowest BCUT2D eigenvalue weighted by molar-refractivity contribution is 0.274. The van der Waals surface area contributed by atoms with Gasteiger partial charge in [0, 0.05) is 22.6 Å². The van der Waals surface area contributed by atoms with Crippen LogP contribution in [0.1, 0.15) is 167 Å². The molecule has 0 saturated carbocycles. The molecule has 0 amide bonds. The van der Waals surface area contributed by atoms with Crippen LogP contribution in [0, 0.1) is 25.7 Å². The third-order valence-electron chi connectivity index (χ3n) is 13.4. The van der Waals surface area contributed by atoms with Crippen molar-refractivity contribution in [1.29, 1.82) is 0 Å². The lowest BCUT2D eigenvalue weighted by Gasteiger charge is -2.43. The zero-order valence-corrected chi connectivity index (χ0v) is 44.3. The highest BCUT2D eigenvalue weighted by Gasteiger charge is 2.42. The molecule has 11 heteroatoms. The molecular formula is C57H76O9S2. The highest BCUT2D eigenvalue weighted by molar-refractivity contribution is 7.86. The maximum absolute atomic E-state index is 12.3. The molecule has 7 atom stereocenters. The molecule has 1 N–H and O–H groups in total. The Bertz CT molecular complexity index is 2650. The predicted octanol–water partition coefficient (Wildman–Crippen LogP) is 14.2. The molecule has 0 spiro atoms. The molecular weight excluding hydrogens is 893 g/mol. The second-order valence-electron chi connectivity index (χ2n) is 19.9. The molecule has 370 valence electrons. The minimum Gasteiger partial charge on any atom is -0.493 e. The van der Waals surface area contributed by atoms with Gasteiger partial charge in [-0.1, -0.05) is 130 Å². The van der Waals surface area contributed by atoms with Gasteiger partial charge in [-0.3, -0.25) is 4.55 Å². The molecule has 0 heterocycles. The molecule has 0 bridgehead atoms. The van der Waals surface area contributed by atoms with Gasteiger partial charge in [0.2, 0.25) is 0 Å². The molecule has 4 aromatic rings. The van der Waals surface area contributed by atoms with Gasteiger partial charge in [0.1, 0.15) is 13.2 Å². The summed E-state index contributed by atoms with van der Waals surface area (Å²) in [5, 5.41) is 0. The van der Waals surface area contributed by atoms with Gasteiger partial charge in [0.05, 0.1) is 19.6 Å². The third kappa shape index (κ3) is 14.4. The smallest absolute Gasteiger partial charge is 0.306 e. The molecule has 7 rings (SSSR count). The van der Waals surface area contributed by atoms with Gasteiger partial charge in [-0.15, -0.1) is 0 Å². The van der Waals surface area contributed by atoms with E-state index in [1.54, 1.807) is 7.11 Å². The number of allylic oxidation sites excluding steroid dienone is 6. The zero-order valence-electron chi connectivity index (χ0n) is 42.7. The Morgan fingerprint density at radius 2 is 1.25 bits per heavy atom. The molecule has 4 aromatic carbocycles. The van der Waals surface area contributed by atoms with Crippen LogP contribution in [-0.4, -0.2) is 41.0 Å². The van der Waals surface area contributed by atoms with Crippen LogP contribution >= 0.6 is 0 Å². The Balaban J connectivity index is 0.000000232. The largest absolute Gasteiger partial charge is 0.493 e. The number of benzene rings is 4. The minimum atomic E-state index is -3.72. The molecule has 9 nitrogen and oxygen atoms in total. The van der Waals surface area contributed by atoms with Crippen molar-refractivity contribution in [3.63, 3.8) is 0 Å². The van der Waals surface area contributed by atoms with Crippen molar-refractivity contribution in [1.82, 2.24) is 0 Å². The highest BCUT2D eigenvalue weighted by atomic mass is 32.2. The average Bonchev–Trinajstić information content (AvgIpc) is 3.25. The molecule has 0 aromatic heterocycles. The number of methoxy groups -OCH3 is 1. The molecule has 68 heavy (non-hydrogen) atoms. The number of hydrogen-bond acceptors (Lipinski definition) is 8. The molecule has 0 aliphatic heterocycles. The van der Waals surface area contributed by atoms with E-state index in [0.717, 1.165) is 59.3 Å². The first-order valence-corrected chi connectivity index (χ1v) is 27.7. The monoisotopic (exact) mass is 968 g/mol. The molecule has 3 aliphatic rings. The van der Waals surface area contributed by atoms with E-state index in [2.05, 4.69) is 117 Å². The summed E-state index contributed by atoms with van der Waals surface area (Å²) in [6, 6.07) is 22.7. The summed E-state index contributed by atoms with van der Waals surface area (Å²) in [7, 11) is -5.63. The van der Waals surface area contributed by atoms with E-state index in [1.165, 1.54) is 51.8 Å². The van der Waals surface area contributed by atoms with Gasteiger partial charge in [0.25, 0.3) is 10.1 Å². The fourth-order valence-electron chi connectivity index (χ4n) is 10.5. The number of aryl methyl sites for hydroxylation is 1. The number of ether oxygens (including phenoxy) is 3. The van der Waals surface area contributed by atoms with Gasteiger partial charge in [-0.2, -0.15) is 16.8 Å². The van der Waals surface area contributed by atoms with E-state index in [0.29, 0.717) is 60.6 Å². The van der Waals surface area contributed by atoms with Gasteiger partial charge < -0.3 is 18.4 Å². The number of fused-ring (bicyclic) bond motifs is 1. The summed E-state index contributed by atoms with van der Waals surface area (Å²) in [4.78, 5) is 0. The number of rotatable bonds is 13. The Labute approximate surface area is 408 Å². The van der Waals surface area contributed by atoms with E-state index in [4.69, 9.17) is 22.9 Å². The van der Waals surface area contributed by atoms with E-state index < -0.39 is 20.2 Å². The third-order valence-corrected chi connectivity index (χ3v) is 13.9. The van der Waals surface area contributed by atoms with E-state index in [-0.39, 0.29) is 11.8 Å². The lowest BCUT2D eigenvalue weighted by atomic mass is 9.62. The van der Waals surface area contributed by atoms with E-state index >= 15 is 0 Å². The summed E-state index contributed by atoms with van der Waals surface area (Å²) >= 11 is 0. The second kappa shape index (κ2) is 23.6. The topological polar surface area (TPSA) is 125 Å². The first-order chi connectivity index (χ1) is 32.0. The van der Waals surface area contributed by atoms with Crippen molar-refractivity contribution >= 4 is 20.2 Å². The Morgan fingerprint density at radius 1 is 0.721 bits per heavy atom. The predicted molar refractivity (Wildman–Crippen MR) is 278 cm³/mol. The summed E-state index contributed by atoms with van der Waals surface area (Å²) in [6.07, 6.45) is 16.6. The van der Waals surface area contributed by atoms with Crippen LogP contribution in [0.3, 0.4) is 0 Å². The van der Waals surface area contributed by atoms with Crippen molar-refractivity contribution in [2.24, 2.45) is 11.8 Å². The molecule has 3 aliphatic carbocycles. The lowest BCUT2D eigenvalue weighted by Crippen LogP contribution is -2.29. The quantitative estimate of drug-likeness (QED) is 0.0603. The van der Waals surface area contributed by atoms with Crippen LogP contribution in [0.25, 0.3) is 0 Å². The van der Waals surface area contributed by atoms with Crippen LogP contribution in [-0.2, 0) is 33.5 Å². The van der Waals surface area contributed by atoms with Gasteiger partial charge in [-0.25, -0.2) is 0 Å². The fourth-order valence-corrected chi connectivity index (χ4v) is 11.0. The minimum absolute atomic E-state index is 0.255. The first-order valence-electron chi connectivity index (χ1n) is 24.0. The Hall–Kier alpha value is -4.84. The van der Waals surface area contributed by atoms with Crippen LogP contribution in [0.4, 0.5) is 0 Å². The molecule has 0 radical (unpaired) electrons. The maximum Gasteiger partial charge on any atom is 0.306 e. The summed E-state index contributed by atoms with van der Waals surface area (Å²) in [5.41, 5.74) is 13.4. The zero-order chi connectivity index (χ0) is 50.1. The van der Waals surface area contributed by atoms with E-state index in [1.807, 2.05) is 43.3 Å². The highest BCUT2D eigenvalue weighted by Crippen LogP contribution is 2.59. The van der Waals surface area contributed by atoms with Crippen LogP contribution in [0.2, 0.25) is 0 Å². The molecule has 0 fully saturated rings.